The van der Waals surface area contributed by atoms with E-state index in [0.29, 0.717) is 23.0 Å². The molecule has 0 saturated carbocycles. The van der Waals surface area contributed by atoms with Crippen LogP contribution in [0.4, 0.5) is 8.78 Å². The molecule has 0 aliphatic heterocycles. The lowest BCUT2D eigenvalue weighted by Crippen LogP contribution is -2.04. The molecule has 0 unspecified atom stereocenters. The Morgan fingerprint density at radius 2 is 1.84 bits per heavy atom. The van der Waals surface area contributed by atoms with Gasteiger partial charge < -0.3 is 10.5 Å². The second-order valence-electron chi connectivity index (χ2n) is 3.87. The van der Waals surface area contributed by atoms with Gasteiger partial charge in [-0.3, -0.25) is 4.98 Å². The Kier molecular flexibility index (Phi) is 4.44. The topological polar surface area (TPSA) is 48.1 Å². The van der Waals surface area contributed by atoms with Crippen molar-refractivity contribution in [3.05, 3.63) is 52.3 Å². The van der Waals surface area contributed by atoms with Crippen LogP contribution in [0.3, 0.4) is 0 Å². The van der Waals surface area contributed by atoms with Gasteiger partial charge in [0.05, 0.1) is 6.20 Å². The lowest BCUT2D eigenvalue weighted by molar-refractivity contribution is 0.405. The Morgan fingerprint density at radius 3 is 2.42 bits per heavy atom. The van der Waals surface area contributed by atoms with Crippen molar-refractivity contribution >= 4 is 15.9 Å². The third-order valence-electron chi connectivity index (χ3n) is 2.39. The second kappa shape index (κ2) is 6.08. The second-order valence-corrected chi connectivity index (χ2v) is 4.78. The molecule has 19 heavy (non-hydrogen) atoms. The van der Waals surface area contributed by atoms with E-state index in [0.717, 1.165) is 0 Å². The average molecular weight is 329 g/mol. The Hall–Kier alpha value is -1.53. The molecule has 0 atom stereocenters. The highest BCUT2D eigenvalue weighted by atomic mass is 79.9. The van der Waals surface area contributed by atoms with E-state index >= 15 is 0 Å². The molecule has 100 valence electrons. The van der Waals surface area contributed by atoms with E-state index in [1.165, 1.54) is 18.3 Å². The lowest BCUT2D eigenvalue weighted by Gasteiger charge is -2.09. The lowest BCUT2D eigenvalue weighted by atomic mass is 10.1. The van der Waals surface area contributed by atoms with Gasteiger partial charge in [-0.25, -0.2) is 8.78 Å². The number of ether oxygens (including phenoxy) is 1. The molecule has 1 aromatic heterocycles. The molecule has 2 aromatic rings. The van der Waals surface area contributed by atoms with Crippen LogP contribution >= 0.6 is 15.9 Å². The third kappa shape index (κ3) is 3.48. The first-order chi connectivity index (χ1) is 9.10. The van der Waals surface area contributed by atoms with E-state index in [-0.39, 0.29) is 5.75 Å². The van der Waals surface area contributed by atoms with Crippen molar-refractivity contribution < 1.29 is 13.5 Å². The molecule has 2 rings (SSSR count). The van der Waals surface area contributed by atoms with Crippen molar-refractivity contribution in [3.8, 4) is 11.5 Å². The number of hydrogen-bond donors (Lipinski definition) is 1. The van der Waals surface area contributed by atoms with Crippen LogP contribution in [-0.2, 0) is 6.42 Å². The van der Waals surface area contributed by atoms with Crippen LogP contribution in [-0.4, -0.2) is 11.5 Å². The number of nitrogens with zero attached hydrogens (tertiary/aromatic N) is 1. The van der Waals surface area contributed by atoms with Crippen LogP contribution in [0, 0.1) is 11.6 Å². The van der Waals surface area contributed by atoms with Crippen LogP contribution in [0.15, 0.2) is 35.1 Å². The van der Waals surface area contributed by atoms with Crippen LogP contribution < -0.4 is 10.5 Å². The summed E-state index contributed by atoms with van der Waals surface area (Å²) in [5.74, 6) is -1.72. The number of nitrogens with two attached hydrogens (primary N) is 1. The summed E-state index contributed by atoms with van der Waals surface area (Å²) in [5, 5.41) is 0. The number of halogens is 3. The van der Waals surface area contributed by atoms with Gasteiger partial charge in [-0.15, -0.1) is 0 Å². The van der Waals surface area contributed by atoms with Crippen LogP contribution in [0.5, 0.6) is 11.5 Å². The minimum atomic E-state index is -0.761. The third-order valence-corrected chi connectivity index (χ3v) is 2.82. The van der Waals surface area contributed by atoms with Crippen molar-refractivity contribution in [2.45, 2.75) is 6.42 Å². The Labute approximate surface area is 117 Å². The van der Waals surface area contributed by atoms with E-state index in [2.05, 4.69) is 20.9 Å². The normalized spacial score (nSPS) is 10.5. The quantitative estimate of drug-likeness (QED) is 0.935. The maximum Gasteiger partial charge on any atom is 0.198 e. The molecular weight excluding hydrogens is 318 g/mol. The minimum Gasteiger partial charge on any atom is -0.450 e. The van der Waals surface area contributed by atoms with Gasteiger partial charge >= 0.3 is 0 Å². The van der Waals surface area contributed by atoms with E-state index in [1.807, 2.05) is 0 Å². The summed E-state index contributed by atoms with van der Waals surface area (Å²) in [6.45, 7) is 0.328. The zero-order valence-electron chi connectivity index (χ0n) is 9.87. The smallest absolute Gasteiger partial charge is 0.198 e. The number of rotatable bonds is 4. The summed E-state index contributed by atoms with van der Waals surface area (Å²) in [6.07, 6.45) is 3.33. The van der Waals surface area contributed by atoms with Crippen molar-refractivity contribution in [2.75, 3.05) is 6.54 Å². The summed E-state index contributed by atoms with van der Waals surface area (Å²) in [5.41, 5.74) is 5.85. The fourth-order valence-electron chi connectivity index (χ4n) is 1.59. The first-order valence-electron chi connectivity index (χ1n) is 5.56. The fraction of sp³-hybridized carbons (Fsp3) is 0.154. The Morgan fingerprint density at radius 1 is 1.16 bits per heavy atom. The van der Waals surface area contributed by atoms with Gasteiger partial charge in [0.2, 0.25) is 0 Å². The van der Waals surface area contributed by atoms with E-state index in [1.54, 1.807) is 12.3 Å². The predicted molar refractivity (Wildman–Crippen MR) is 71.1 cm³/mol. The highest BCUT2D eigenvalue weighted by Crippen LogP contribution is 2.29. The van der Waals surface area contributed by atoms with Crippen LogP contribution in [0.1, 0.15) is 5.56 Å². The molecule has 6 heteroatoms. The summed E-state index contributed by atoms with van der Waals surface area (Å²) in [7, 11) is 0. The number of pyridine rings is 1. The molecule has 0 aliphatic rings. The van der Waals surface area contributed by atoms with Gasteiger partial charge in [0, 0.05) is 10.7 Å². The molecule has 0 amide bonds. The average Bonchev–Trinajstić information content (AvgIpc) is 2.34. The molecule has 0 spiro atoms. The molecule has 0 radical (unpaired) electrons. The maximum absolute atomic E-state index is 13.8. The van der Waals surface area contributed by atoms with E-state index < -0.39 is 17.4 Å². The summed E-state index contributed by atoms with van der Waals surface area (Å²) in [4.78, 5) is 3.85. The number of benzene rings is 1. The molecule has 0 fully saturated rings. The van der Waals surface area contributed by atoms with Gasteiger partial charge in [0.1, 0.15) is 5.75 Å². The van der Waals surface area contributed by atoms with Crippen molar-refractivity contribution in [2.24, 2.45) is 5.73 Å². The number of aromatic nitrogens is 1. The van der Waals surface area contributed by atoms with Crippen LogP contribution in [0.25, 0.3) is 0 Å². The first-order valence-corrected chi connectivity index (χ1v) is 6.36. The maximum atomic E-state index is 13.8. The Bertz CT molecular complexity index is 570. The van der Waals surface area contributed by atoms with Gasteiger partial charge in [-0.1, -0.05) is 0 Å². The highest BCUT2D eigenvalue weighted by molar-refractivity contribution is 9.10. The molecule has 1 heterocycles. The standard InChI is InChI=1S/C13H11BrF2N2O/c14-9-5-10(7-18-6-9)19-13-11(15)3-8(1-2-17)4-12(13)16/h3-7H,1-2,17H2. The van der Waals surface area contributed by atoms with Gasteiger partial charge in [-0.2, -0.15) is 0 Å². The highest BCUT2D eigenvalue weighted by Gasteiger charge is 2.13. The van der Waals surface area contributed by atoms with Gasteiger partial charge in [0.15, 0.2) is 17.4 Å². The summed E-state index contributed by atoms with van der Waals surface area (Å²) >= 11 is 3.20. The fourth-order valence-corrected chi connectivity index (χ4v) is 1.93. The molecular formula is C13H11BrF2N2O. The van der Waals surface area contributed by atoms with Crippen LogP contribution in [0.2, 0.25) is 0 Å². The summed E-state index contributed by atoms with van der Waals surface area (Å²) in [6, 6.07) is 4.01. The SMILES string of the molecule is NCCc1cc(F)c(Oc2cncc(Br)c2)c(F)c1. The zero-order valence-corrected chi connectivity index (χ0v) is 11.5. The number of hydrogen-bond acceptors (Lipinski definition) is 3. The van der Waals surface area contributed by atoms with E-state index in [4.69, 9.17) is 10.5 Å². The molecule has 0 saturated heterocycles. The van der Waals surface area contributed by atoms with E-state index in [9.17, 15) is 8.78 Å². The molecule has 0 aliphatic carbocycles. The van der Waals surface area contributed by atoms with Crippen molar-refractivity contribution in [3.63, 3.8) is 0 Å². The minimum absolute atomic E-state index is 0.249. The summed E-state index contributed by atoms with van der Waals surface area (Å²) < 4.78 is 33.4. The molecule has 2 N–H and O–H groups in total. The van der Waals surface area contributed by atoms with Crippen molar-refractivity contribution in [1.82, 2.24) is 4.98 Å². The zero-order chi connectivity index (χ0) is 13.8. The predicted octanol–water partition coefficient (Wildman–Crippen LogP) is 3.42. The molecule has 0 bridgehead atoms. The molecule has 1 aromatic carbocycles. The largest absolute Gasteiger partial charge is 0.450 e. The molecule has 3 nitrogen and oxygen atoms in total. The van der Waals surface area contributed by atoms with Crippen molar-refractivity contribution in [1.29, 1.82) is 0 Å². The Balaban J connectivity index is 2.30. The first kappa shape index (κ1) is 13.9. The van der Waals surface area contributed by atoms with Gasteiger partial charge in [-0.05, 0) is 52.7 Å². The van der Waals surface area contributed by atoms with Gasteiger partial charge in [0.25, 0.3) is 0 Å². The monoisotopic (exact) mass is 328 g/mol.